The number of benzene rings is 1. The van der Waals surface area contributed by atoms with Crippen molar-refractivity contribution in [2.75, 3.05) is 25.5 Å². The van der Waals surface area contributed by atoms with Gasteiger partial charge in [-0.05, 0) is 43.4 Å². The Morgan fingerprint density at radius 3 is 2.54 bits per heavy atom. The standard InChI is InChI=1S/C20H28N4O2/c1-14(2)9-11-22-20(25)18-13-19(24-15(3)23-18)21-12-10-16-5-7-17(26-4)8-6-16/h5-8,13-14H,9-12H2,1-4H3,(H,22,25)(H,21,23,24). The summed E-state index contributed by atoms with van der Waals surface area (Å²) in [4.78, 5) is 20.8. The van der Waals surface area contributed by atoms with E-state index in [0.717, 1.165) is 25.1 Å². The number of nitrogens with zero attached hydrogens (tertiary/aromatic N) is 2. The molecule has 0 saturated heterocycles. The summed E-state index contributed by atoms with van der Waals surface area (Å²) in [5.41, 5.74) is 1.60. The molecule has 0 fully saturated rings. The summed E-state index contributed by atoms with van der Waals surface area (Å²) < 4.78 is 5.16. The number of amides is 1. The zero-order chi connectivity index (χ0) is 18.9. The number of nitrogens with one attached hydrogen (secondary N) is 2. The number of hydrogen-bond acceptors (Lipinski definition) is 5. The molecule has 1 aromatic heterocycles. The molecular weight excluding hydrogens is 328 g/mol. The average Bonchev–Trinajstić information content (AvgIpc) is 2.61. The van der Waals surface area contributed by atoms with Crippen LogP contribution in [0.2, 0.25) is 0 Å². The van der Waals surface area contributed by atoms with Crippen molar-refractivity contribution in [1.82, 2.24) is 15.3 Å². The largest absolute Gasteiger partial charge is 0.497 e. The van der Waals surface area contributed by atoms with Gasteiger partial charge in [0.1, 0.15) is 23.1 Å². The van der Waals surface area contributed by atoms with Gasteiger partial charge < -0.3 is 15.4 Å². The first kappa shape index (κ1) is 19.7. The maximum absolute atomic E-state index is 12.2. The molecule has 26 heavy (non-hydrogen) atoms. The van der Waals surface area contributed by atoms with Crippen molar-refractivity contribution in [3.8, 4) is 5.75 Å². The monoisotopic (exact) mass is 356 g/mol. The third kappa shape index (κ3) is 6.35. The van der Waals surface area contributed by atoms with Crippen molar-refractivity contribution in [2.45, 2.75) is 33.6 Å². The van der Waals surface area contributed by atoms with E-state index in [9.17, 15) is 4.79 Å². The Balaban J connectivity index is 1.90. The highest BCUT2D eigenvalue weighted by Crippen LogP contribution is 2.12. The van der Waals surface area contributed by atoms with Gasteiger partial charge in [0, 0.05) is 19.2 Å². The highest BCUT2D eigenvalue weighted by Gasteiger charge is 2.10. The zero-order valence-electron chi connectivity index (χ0n) is 16.0. The summed E-state index contributed by atoms with van der Waals surface area (Å²) in [5, 5.41) is 6.18. The Kier molecular flexibility index (Phi) is 7.38. The van der Waals surface area contributed by atoms with Crippen LogP contribution in [0.5, 0.6) is 5.75 Å². The molecule has 140 valence electrons. The van der Waals surface area contributed by atoms with Gasteiger partial charge in [-0.1, -0.05) is 26.0 Å². The Hall–Kier alpha value is -2.63. The predicted octanol–water partition coefficient (Wildman–Crippen LogP) is 3.22. The Morgan fingerprint density at radius 1 is 1.15 bits per heavy atom. The van der Waals surface area contributed by atoms with Crippen molar-refractivity contribution in [3.63, 3.8) is 0 Å². The number of ether oxygens (including phenoxy) is 1. The molecule has 2 aromatic rings. The fourth-order valence-corrected chi connectivity index (χ4v) is 2.47. The van der Waals surface area contributed by atoms with Crippen molar-refractivity contribution >= 4 is 11.7 Å². The van der Waals surface area contributed by atoms with E-state index in [1.807, 2.05) is 24.3 Å². The maximum atomic E-state index is 12.2. The molecule has 6 heteroatoms. The number of carbonyl (C=O) groups excluding carboxylic acids is 1. The van der Waals surface area contributed by atoms with Crippen LogP contribution in [0.1, 0.15) is 42.1 Å². The van der Waals surface area contributed by atoms with Gasteiger partial charge in [0.25, 0.3) is 5.91 Å². The highest BCUT2D eigenvalue weighted by molar-refractivity contribution is 5.92. The molecule has 0 atom stereocenters. The molecular formula is C20H28N4O2. The van der Waals surface area contributed by atoms with Gasteiger partial charge in [-0.3, -0.25) is 4.79 Å². The molecule has 0 aliphatic heterocycles. The molecule has 0 radical (unpaired) electrons. The number of anilines is 1. The van der Waals surface area contributed by atoms with E-state index in [1.165, 1.54) is 5.56 Å². The van der Waals surface area contributed by atoms with Crippen LogP contribution in [-0.4, -0.2) is 36.1 Å². The Morgan fingerprint density at radius 2 is 1.88 bits per heavy atom. The van der Waals surface area contributed by atoms with Crippen LogP contribution in [0, 0.1) is 12.8 Å². The van der Waals surface area contributed by atoms with Gasteiger partial charge in [0.15, 0.2) is 0 Å². The van der Waals surface area contributed by atoms with Crippen LogP contribution < -0.4 is 15.4 Å². The summed E-state index contributed by atoms with van der Waals surface area (Å²) in [6.07, 6.45) is 1.80. The van der Waals surface area contributed by atoms with Gasteiger partial charge >= 0.3 is 0 Å². The SMILES string of the molecule is COc1ccc(CCNc2cc(C(=O)NCCC(C)C)nc(C)n2)cc1. The van der Waals surface area contributed by atoms with Crippen molar-refractivity contribution < 1.29 is 9.53 Å². The van der Waals surface area contributed by atoms with Gasteiger partial charge in [-0.25, -0.2) is 9.97 Å². The minimum Gasteiger partial charge on any atom is -0.497 e. The van der Waals surface area contributed by atoms with E-state index in [2.05, 4.69) is 34.4 Å². The predicted molar refractivity (Wildman–Crippen MR) is 104 cm³/mol. The lowest BCUT2D eigenvalue weighted by molar-refractivity contribution is 0.0946. The minimum absolute atomic E-state index is 0.158. The van der Waals surface area contributed by atoms with Gasteiger partial charge in [0.2, 0.25) is 0 Å². The summed E-state index contributed by atoms with van der Waals surface area (Å²) in [5.74, 6) is 2.49. The first-order chi connectivity index (χ1) is 12.5. The topological polar surface area (TPSA) is 76.1 Å². The molecule has 0 unspecified atom stereocenters. The fraction of sp³-hybridized carbons (Fsp3) is 0.450. The average molecular weight is 356 g/mol. The van der Waals surface area contributed by atoms with Gasteiger partial charge in [-0.15, -0.1) is 0 Å². The summed E-state index contributed by atoms with van der Waals surface area (Å²) in [7, 11) is 1.66. The highest BCUT2D eigenvalue weighted by atomic mass is 16.5. The molecule has 0 bridgehead atoms. The molecule has 1 aromatic carbocycles. The van der Waals surface area contributed by atoms with E-state index in [0.29, 0.717) is 29.8 Å². The number of aryl methyl sites for hydroxylation is 1. The fourth-order valence-electron chi connectivity index (χ4n) is 2.47. The van der Waals surface area contributed by atoms with E-state index in [1.54, 1.807) is 20.1 Å². The maximum Gasteiger partial charge on any atom is 0.270 e. The van der Waals surface area contributed by atoms with E-state index in [4.69, 9.17) is 4.74 Å². The lowest BCUT2D eigenvalue weighted by atomic mass is 10.1. The second kappa shape index (κ2) is 9.75. The second-order valence-corrected chi connectivity index (χ2v) is 6.65. The molecule has 2 rings (SSSR count). The van der Waals surface area contributed by atoms with Crippen LogP contribution in [0.25, 0.3) is 0 Å². The molecule has 0 aliphatic carbocycles. The first-order valence-corrected chi connectivity index (χ1v) is 8.98. The number of aromatic nitrogens is 2. The van der Waals surface area contributed by atoms with Crippen molar-refractivity contribution in [3.05, 3.63) is 47.4 Å². The first-order valence-electron chi connectivity index (χ1n) is 8.98. The normalized spacial score (nSPS) is 10.7. The lowest BCUT2D eigenvalue weighted by Gasteiger charge is -2.10. The molecule has 1 heterocycles. The Labute approximate surface area is 155 Å². The van der Waals surface area contributed by atoms with E-state index < -0.39 is 0 Å². The summed E-state index contributed by atoms with van der Waals surface area (Å²) >= 11 is 0. The summed E-state index contributed by atoms with van der Waals surface area (Å²) in [6.45, 7) is 7.42. The molecule has 1 amide bonds. The van der Waals surface area contributed by atoms with Crippen LogP contribution in [0.4, 0.5) is 5.82 Å². The zero-order valence-corrected chi connectivity index (χ0v) is 16.0. The van der Waals surface area contributed by atoms with Gasteiger partial charge in [-0.2, -0.15) is 0 Å². The third-order valence-electron chi connectivity index (χ3n) is 3.96. The van der Waals surface area contributed by atoms with Crippen molar-refractivity contribution in [2.24, 2.45) is 5.92 Å². The molecule has 0 saturated carbocycles. The van der Waals surface area contributed by atoms with E-state index in [-0.39, 0.29) is 5.91 Å². The molecule has 0 aliphatic rings. The van der Waals surface area contributed by atoms with Crippen LogP contribution in [0.15, 0.2) is 30.3 Å². The van der Waals surface area contributed by atoms with Crippen LogP contribution >= 0.6 is 0 Å². The lowest BCUT2D eigenvalue weighted by Crippen LogP contribution is -2.26. The summed E-state index contributed by atoms with van der Waals surface area (Å²) in [6, 6.07) is 9.68. The molecule has 6 nitrogen and oxygen atoms in total. The van der Waals surface area contributed by atoms with Crippen LogP contribution in [0.3, 0.4) is 0 Å². The third-order valence-corrected chi connectivity index (χ3v) is 3.96. The second-order valence-electron chi connectivity index (χ2n) is 6.65. The molecule has 2 N–H and O–H groups in total. The Bertz CT molecular complexity index is 714. The van der Waals surface area contributed by atoms with Crippen LogP contribution in [-0.2, 0) is 6.42 Å². The quantitative estimate of drug-likeness (QED) is 0.721. The number of rotatable bonds is 9. The van der Waals surface area contributed by atoms with Gasteiger partial charge in [0.05, 0.1) is 7.11 Å². The number of hydrogen-bond donors (Lipinski definition) is 2. The van der Waals surface area contributed by atoms with Crippen molar-refractivity contribution in [1.29, 1.82) is 0 Å². The minimum atomic E-state index is -0.158. The number of methoxy groups -OCH3 is 1. The molecule has 0 spiro atoms. The van der Waals surface area contributed by atoms with E-state index >= 15 is 0 Å². The number of carbonyl (C=O) groups is 1. The smallest absolute Gasteiger partial charge is 0.270 e.